The molecule has 1 unspecified atom stereocenters. The van der Waals surface area contributed by atoms with Crippen molar-refractivity contribution < 1.29 is 0 Å². The molecule has 0 saturated carbocycles. The zero-order valence-electron chi connectivity index (χ0n) is 12.1. The van der Waals surface area contributed by atoms with Crippen molar-refractivity contribution in [3.05, 3.63) is 34.9 Å². The topological polar surface area (TPSA) is 35.8 Å². The fourth-order valence-electron chi connectivity index (χ4n) is 2.70. The highest BCUT2D eigenvalue weighted by Gasteiger charge is 2.12. The monoisotopic (exact) mass is 256 g/mol. The predicted molar refractivity (Wildman–Crippen MR) is 79.0 cm³/mol. The van der Waals surface area contributed by atoms with Crippen molar-refractivity contribution in [1.29, 1.82) is 5.26 Å². The number of benzene rings is 1. The third kappa shape index (κ3) is 3.81. The summed E-state index contributed by atoms with van der Waals surface area (Å²) in [7, 11) is 0. The minimum atomic E-state index is 0.125. The van der Waals surface area contributed by atoms with Gasteiger partial charge in [0.25, 0.3) is 0 Å². The summed E-state index contributed by atoms with van der Waals surface area (Å²) in [6.45, 7) is 5.98. The van der Waals surface area contributed by atoms with Crippen LogP contribution in [0.15, 0.2) is 18.2 Å². The second kappa shape index (κ2) is 6.73. The van der Waals surface area contributed by atoms with Crippen LogP contribution >= 0.6 is 0 Å². The maximum absolute atomic E-state index is 9.03. The number of rotatable bonds is 6. The van der Waals surface area contributed by atoms with Gasteiger partial charge in [-0.1, -0.05) is 32.0 Å². The molecule has 1 aromatic rings. The second-order valence-electron chi connectivity index (χ2n) is 5.89. The zero-order chi connectivity index (χ0) is 13.7. The van der Waals surface area contributed by atoms with E-state index in [0.717, 1.165) is 19.5 Å². The molecule has 2 rings (SSSR count). The van der Waals surface area contributed by atoms with Crippen LogP contribution in [0.25, 0.3) is 0 Å². The molecular formula is C17H24N2. The lowest BCUT2D eigenvalue weighted by Gasteiger charge is -2.13. The van der Waals surface area contributed by atoms with E-state index in [-0.39, 0.29) is 5.92 Å². The maximum atomic E-state index is 9.03. The Morgan fingerprint density at radius 3 is 2.79 bits per heavy atom. The average Bonchev–Trinajstić information content (AvgIpc) is 2.85. The van der Waals surface area contributed by atoms with Crippen LogP contribution in [0.1, 0.15) is 37.0 Å². The van der Waals surface area contributed by atoms with E-state index in [2.05, 4.69) is 43.4 Å². The lowest BCUT2D eigenvalue weighted by atomic mass is 9.97. The number of aryl methyl sites for hydroxylation is 2. The van der Waals surface area contributed by atoms with Crippen LogP contribution in [-0.2, 0) is 19.3 Å². The number of hydrogen-bond acceptors (Lipinski definition) is 2. The largest absolute Gasteiger partial charge is 0.315 e. The molecule has 0 heterocycles. The molecule has 1 aliphatic carbocycles. The van der Waals surface area contributed by atoms with Crippen molar-refractivity contribution in [3.8, 4) is 6.07 Å². The van der Waals surface area contributed by atoms with Gasteiger partial charge in [-0.25, -0.2) is 0 Å². The minimum absolute atomic E-state index is 0.125. The molecule has 0 saturated heterocycles. The van der Waals surface area contributed by atoms with Crippen molar-refractivity contribution in [1.82, 2.24) is 5.32 Å². The van der Waals surface area contributed by atoms with Gasteiger partial charge in [-0.15, -0.1) is 0 Å². The number of hydrogen-bond donors (Lipinski definition) is 1. The standard InChI is InChI=1S/C17H24N2/c1-13(2)17(11-18)12-19-9-8-14-6-7-15-4-3-5-16(15)10-14/h6-7,10,13,17,19H,3-5,8-9,12H2,1-2H3. The summed E-state index contributed by atoms with van der Waals surface area (Å²) in [5, 5.41) is 12.4. The van der Waals surface area contributed by atoms with Crippen molar-refractivity contribution in [2.45, 2.75) is 39.5 Å². The molecule has 2 nitrogen and oxygen atoms in total. The third-order valence-electron chi connectivity index (χ3n) is 4.09. The Labute approximate surface area is 116 Å². The van der Waals surface area contributed by atoms with Crippen LogP contribution in [0.2, 0.25) is 0 Å². The summed E-state index contributed by atoms with van der Waals surface area (Å²) in [6, 6.07) is 9.30. The summed E-state index contributed by atoms with van der Waals surface area (Å²) in [6.07, 6.45) is 4.88. The summed E-state index contributed by atoms with van der Waals surface area (Å²) in [4.78, 5) is 0. The minimum Gasteiger partial charge on any atom is -0.315 e. The molecule has 0 radical (unpaired) electrons. The van der Waals surface area contributed by atoms with E-state index in [9.17, 15) is 0 Å². The Balaban J connectivity index is 1.76. The Morgan fingerprint density at radius 1 is 1.26 bits per heavy atom. The Kier molecular flexibility index (Phi) is 4.99. The van der Waals surface area contributed by atoms with Gasteiger partial charge >= 0.3 is 0 Å². The molecule has 19 heavy (non-hydrogen) atoms. The molecule has 0 bridgehead atoms. The van der Waals surface area contributed by atoms with Crippen LogP contribution in [0, 0.1) is 23.2 Å². The molecule has 2 heteroatoms. The van der Waals surface area contributed by atoms with Gasteiger partial charge in [-0.05, 0) is 54.8 Å². The van der Waals surface area contributed by atoms with Gasteiger partial charge in [0.2, 0.25) is 0 Å². The van der Waals surface area contributed by atoms with Crippen molar-refractivity contribution in [2.75, 3.05) is 13.1 Å². The normalized spacial score (nSPS) is 15.3. The fraction of sp³-hybridized carbons (Fsp3) is 0.588. The molecule has 0 fully saturated rings. The summed E-state index contributed by atoms with van der Waals surface area (Å²) in [5.41, 5.74) is 4.52. The molecule has 1 N–H and O–H groups in total. The molecule has 1 aliphatic rings. The Morgan fingerprint density at radius 2 is 2.05 bits per heavy atom. The first-order valence-electron chi connectivity index (χ1n) is 7.41. The SMILES string of the molecule is CC(C)C(C#N)CNCCc1ccc2c(c1)CCC2. The first-order chi connectivity index (χ1) is 9.20. The molecule has 1 aromatic carbocycles. The van der Waals surface area contributed by atoms with Crippen molar-refractivity contribution >= 4 is 0 Å². The van der Waals surface area contributed by atoms with Crippen LogP contribution in [0.3, 0.4) is 0 Å². The van der Waals surface area contributed by atoms with E-state index in [0.29, 0.717) is 5.92 Å². The summed E-state index contributed by atoms with van der Waals surface area (Å²) >= 11 is 0. The van der Waals surface area contributed by atoms with Gasteiger partial charge in [0.15, 0.2) is 0 Å². The Bertz CT molecular complexity index is 457. The average molecular weight is 256 g/mol. The highest BCUT2D eigenvalue weighted by atomic mass is 14.9. The van der Waals surface area contributed by atoms with Crippen LogP contribution in [0.4, 0.5) is 0 Å². The van der Waals surface area contributed by atoms with Gasteiger partial charge in [-0.2, -0.15) is 5.26 Å². The van der Waals surface area contributed by atoms with Gasteiger partial charge in [0, 0.05) is 6.54 Å². The van der Waals surface area contributed by atoms with Crippen LogP contribution in [0.5, 0.6) is 0 Å². The lowest BCUT2D eigenvalue weighted by Crippen LogP contribution is -2.27. The molecule has 0 amide bonds. The van der Waals surface area contributed by atoms with Crippen LogP contribution in [-0.4, -0.2) is 13.1 Å². The van der Waals surface area contributed by atoms with Crippen molar-refractivity contribution in [2.24, 2.45) is 11.8 Å². The van der Waals surface area contributed by atoms with Gasteiger partial charge in [-0.3, -0.25) is 0 Å². The third-order valence-corrected chi connectivity index (χ3v) is 4.09. The summed E-state index contributed by atoms with van der Waals surface area (Å²) in [5.74, 6) is 0.553. The highest BCUT2D eigenvalue weighted by molar-refractivity contribution is 5.35. The molecule has 0 spiro atoms. The fourth-order valence-corrected chi connectivity index (χ4v) is 2.70. The predicted octanol–water partition coefficient (Wildman–Crippen LogP) is 3.10. The smallest absolute Gasteiger partial charge is 0.0671 e. The van der Waals surface area contributed by atoms with E-state index in [1.807, 2.05) is 0 Å². The van der Waals surface area contributed by atoms with Crippen LogP contribution < -0.4 is 5.32 Å². The van der Waals surface area contributed by atoms with Gasteiger partial charge in [0.05, 0.1) is 12.0 Å². The van der Waals surface area contributed by atoms with E-state index in [1.54, 1.807) is 11.1 Å². The second-order valence-corrected chi connectivity index (χ2v) is 5.89. The van der Waals surface area contributed by atoms with Gasteiger partial charge < -0.3 is 5.32 Å². The Hall–Kier alpha value is -1.33. The number of nitrogens with one attached hydrogen (secondary N) is 1. The lowest BCUT2D eigenvalue weighted by molar-refractivity contribution is 0.444. The number of fused-ring (bicyclic) bond motifs is 1. The van der Waals surface area contributed by atoms with E-state index < -0.39 is 0 Å². The first kappa shape index (κ1) is 14.1. The zero-order valence-corrected chi connectivity index (χ0v) is 12.1. The van der Waals surface area contributed by atoms with E-state index in [4.69, 9.17) is 5.26 Å². The summed E-state index contributed by atoms with van der Waals surface area (Å²) < 4.78 is 0. The quantitative estimate of drug-likeness (QED) is 0.794. The van der Waals surface area contributed by atoms with Gasteiger partial charge in [0.1, 0.15) is 0 Å². The number of nitriles is 1. The molecule has 102 valence electrons. The van der Waals surface area contributed by atoms with Crippen molar-refractivity contribution in [3.63, 3.8) is 0 Å². The van der Waals surface area contributed by atoms with E-state index in [1.165, 1.54) is 24.8 Å². The van der Waals surface area contributed by atoms with E-state index >= 15 is 0 Å². The molecule has 0 aliphatic heterocycles. The molecule has 1 atom stereocenters. The molecule has 0 aromatic heterocycles. The number of nitrogens with zero attached hydrogens (tertiary/aromatic N) is 1. The first-order valence-corrected chi connectivity index (χ1v) is 7.41. The maximum Gasteiger partial charge on any atom is 0.0671 e. The molecular weight excluding hydrogens is 232 g/mol. The highest BCUT2D eigenvalue weighted by Crippen LogP contribution is 2.22.